The monoisotopic (exact) mass is 269 g/mol. The van der Waals surface area contributed by atoms with Crippen molar-refractivity contribution in [2.24, 2.45) is 0 Å². The number of halogens is 1. The Balaban J connectivity index is 0.00000162. The maximum Gasteiger partial charge on any atom is 0.320 e. The van der Waals surface area contributed by atoms with E-state index >= 15 is 0 Å². The van der Waals surface area contributed by atoms with Crippen molar-refractivity contribution in [2.45, 2.75) is 39.3 Å². The van der Waals surface area contributed by atoms with Crippen LogP contribution >= 0.6 is 12.4 Å². The number of hydrogen-bond acceptors (Lipinski definition) is 2. The average Bonchev–Trinajstić information content (AvgIpc) is 2.72. The van der Waals surface area contributed by atoms with Gasteiger partial charge in [-0.2, -0.15) is 0 Å². The standard InChI is InChI=1S/C14H19NO2.ClH/c1-10-5-3-6-11(2)12(10)9-15-8-4-7-13(15)14(16)17;/h3,5-6,13H,4,7-9H2,1-2H3,(H,16,17);1H/t13-;/m1./s1. The van der Waals surface area contributed by atoms with Gasteiger partial charge < -0.3 is 5.11 Å². The molecule has 1 saturated heterocycles. The summed E-state index contributed by atoms with van der Waals surface area (Å²) in [6.07, 6.45) is 1.77. The van der Waals surface area contributed by atoms with Crippen molar-refractivity contribution in [3.63, 3.8) is 0 Å². The first-order valence-electron chi connectivity index (χ1n) is 6.11. The van der Waals surface area contributed by atoms with Crippen LogP contribution in [0.15, 0.2) is 18.2 Å². The van der Waals surface area contributed by atoms with E-state index in [0.717, 1.165) is 25.9 Å². The molecule has 0 aliphatic carbocycles. The molecule has 1 aromatic carbocycles. The van der Waals surface area contributed by atoms with Gasteiger partial charge in [-0.15, -0.1) is 12.4 Å². The van der Waals surface area contributed by atoms with Crippen molar-refractivity contribution < 1.29 is 9.90 Å². The van der Waals surface area contributed by atoms with E-state index in [4.69, 9.17) is 5.11 Å². The topological polar surface area (TPSA) is 40.5 Å². The van der Waals surface area contributed by atoms with Crippen LogP contribution in [0.4, 0.5) is 0 Å². The van der Waals surface area contributed by atoms with Crippen molar-refractivity contribution in [1.82, 2.24) is 4.90 Å². The molecular formula is C14H20ClNO2. The molecule has 1 fully saturated rings. The van der Waals surface area contributed by atoms with E-state index in [2.05, 4.69) is 30.9 Å². The Morgan fingerprint density at radius 1 is 1.39 bits per heavy atom. The number of hydrogen-bond donors (Lipinski definition) is 1. The maximum absolute atomic E-state index is 11.1. The fourth-order valence-electron chi connectivity index (χ4n) is 2.60. The van der Waals surface area contributed by atoms with Gasteiger partial charge in [-0.05, 0) is 49.9 Å². The van der Waals surface area contributed by atoms with Gasteiger partial charge in [0.15, 0.2) is 0 Å². The van der Waals surface area contributed by atoms with E-state index in [1.165, 1.54) is 16.7 Å². The number of carboxylic acid groups (broad SMARTS) is 1. The lowest BCUT2D eigenvalue weighted by molar-refractivity contribution is -0.142. The summed E-state index contributed by atoms with van der Waals surface area (Å²) in [7, 11) is 0. The number of likely N-dealkylation sites (tertiary alicyclic amines) is 1. The number of aliphatic carboxylic acids is 1. The molecule has 4 heteroatoms. The van der Waals surface area contributed by atoms with Gasteiger partial charge in [0.2, 0.25) is 0 Å². The minimum Gasteiger partial charge on any atom is -0.480 e. The van der Waals surface area contributed by atoms with Gasteiger partial charge in [-0.1, -0.05) is 18.2 Å². The highest BCUT2D eigenvalue weighted by Gasteiger charge is 2.30. The summed E-state index contributed by atoms with van der Waals surface area (Å²) in [6, 6.07) is 5.93. The third-order valence-electron chi connectivity index (χ3n) is 3.65. The van der Waals surface area contributed by atoms with Gasteiger partial charge in [0.1, 0.15) is 6.04 Å². The average molecular weight is 270 g/mol. The summed E-state index contributed by atoms with van der Waals surface area (Å²) in [4.78, 5) is 13.2. The minimum absolute atomic E-state index is 0. The number of carboxylic acids is 1. The summed E-state index contributed by atoms with van der Waals surface area (Å²) < 4.78 is 0. The first-order chi connectivity index (χ1) is 8.09. The Labute approximate surface area is 114 Å². The Morgan fingerprint density at radius 2 is 2.00 bits per heavy atom. The maximum atomic E-state index is 11.1. The second-order valence-corrected chi connectivity index (χ2v) is 4.84. The summed E-state index contributed by atoms with van der Waals surface area (Å²) >= 11 is 0. The van der Waals surface area contributed by atoms with E-state index in [-0.39, 0.29) is 18.4 Å². The largest absolute Gasteiger partial charge is 0.480 e. The molecule has 1 aliphatic rings. The predicted octanol–water partition coefficient (Wildman–Crippen LogP) is 2.77. The normalized spacial score (nSPS) is 19.6. The minimum atomic E-state index is -0.686. The summed E-state index contributed by atoms with van der Waals surface area (Å²) in [5.41, 5.74) is 3.78. The molecule has 0 saturated carbocycles. The smallest absolute Gasteiger partial charge is 0.320 e. The lowest BCUT2D eigenvalue weighted by atomic mass is 10.0. The van der Waals surface area contributed by atoms with Crippen LogP contribution in [0.25, 0.3) is 0 Å². The molecule has 0 spiro atoms. The number of aryl methyl sites for hydroxylation is 2. The molecule has 0 amide bonds. The van der Waals surface area contributed by atoms with E-state index in [1.807, 2.05) is 6.07 Å². The van der Waals surface area contributed by atoms with Crippen molar-refractivity contribution in [3.05, 3.63) is 34.9 Å². The zero-order chi connectivity index (χ0) is 12.4. The molecule has 1 heterocycles. The third-order valence-corrected chi connectivity index (χ3v) is 3.65. The SMILES string of the molecule is Cc1cccc(C)c1CN1CCC[C@@H]1C(=O)O.Cl. The molecule has 0 unspecified atom stereocenters. The predicted molar refractivity (Wildman–Crippen MR) is 74.2 cm³/mol. The molecule has 2 rings (SSSR count). The van der Waals surface area contributed by atoms with Crippen LogP contribution in [0.2, 0.25) is 0 Å². The molecule has 0 aromatic heterocycles. The molecule has 1 aliphatic heterocycles. The van der Waals surface area contributed by atoms with E-state index < -0.39 is 5.97 Å². The lowest BCUT2D eigenvalue weighted by Gasteiger charge is -2.23. The first kappa shape index (κ1) is 15.0. The first-order valence-corrected chi connectivity index (χ1v) is 6.11. The highest BCUT2D eigenvalue weighted by atomic mass is 35.5. The molecule has 0 bridgehead atoms. The van der Waals surface area contributed by atoms with Crippen molar-refractivity contribution in [3.8, 4) is 0 Å². The highest BCUT2D eigenvalue weighted by molar-refractivity contribution is 5.85. The summed E-state index contributed by atoms with van der Waals surface area (Å²) in [5.74, 6) is -0.686. The molecule has 0 radical (unpaired) electrons. The Kier molecular flexibility index (Phi) is 5.17. The van der Waals surface area contributed by atoms with Crippen LogP contribution in [0.1, 0.15) is 29.5 Å². The molecule has 18 heavy (non-hydrogen) atoms. The van der Waals surface area contributed by atoms with Gasteiger partial charge in [-0.25, -0.2) is 0 Å². The van der Waals surface area contributed by atoms with Gasteiger partial charge in [-0.3, -0.25) is 9.69 Å². The molecule has 1 aromatic rings. The van der Waals surface area contributed by atoms with Crippen LogP contribution in [-0.4, -0.2) is 28.6 Å². The zero-order valence-electron chi connectivity index (χ0n) is 10.8. The molecule has 1 atom stereocenters. The summed E-state index contributed by atoms with van der Waals surface area (Å²) in [6.45, 7) is 5.84. The fraction of sp³-hybridized carbons (Fsp3) is 0.500. The van der Waals surface area contributed by atoms with Gasteiger partial charge in [0.25, 0.3) is 0 Å². The van der Waals surface area contributed by atoms with Crippen LogP contribution in [0.5, 0.6) is 0 Å². The van der Waals surface area contributed by atoms with E-state index in [1.54, 1.807) is 0 Å². The second kappa shape index (κ2) is 6.21. The quantitative estimate of drug-likeness (QED) is 0.917. The van der Waals surface area contributed by atoms with Gasteiger partial charge in [0.05, 0.1) is 0 Å². The van der Waals surface area contributed by atoms with Crippen LogP contribution in [0.3, 0.4) is 0 Å². The Bertz CT molecular complexity index is 414. The number of rotatable bonds is 3. The van der Waals surface area contributed by atoms with Crippen molar-refractivity contribution >= 4 is 18.4 Å². The Morgan fingerprint density at radius 3 is 2.56 bits per heavy atom. The second-order valence-electron chi connectivity index (χ2n) is 4.84. The van der Waals surface area contributed by atoms with Crippen molar-refractivity contribution in [2.75, 3.05) is 6.54 Å². The van der Waals surface area contributed by atoms with Crippen LogP contribution in [-0.2, 0) is 11.3 Å². The zero-order valence-corrected chi connectivity index (χ0v) is 11.7. The molecule has 3 nitrogen and oxygen atoms in total. The number of benzene rings is 1. The lowest BCUT2D eigenvalue weighted by Crippen LogP contribution is -2.35. The molecule has 1 N–H and O–H groups in total. The molecule has 100 valence electrons. The third kappa shape index (κ3) is 3.03. The Hall–Kier alpha value is -1.06. The van der Waals surface area contributed by atoms with Gasteiger partial charge in [0, 0.05) is 6.54 Å². The van der Waals surface area contributed by atoms with Gasteiger partial charge >= 0.3 is 5.97 Å². The number of nitrogens with zero attached hydrogens (tertiary/aromatic N) is 1. The van der Waals surface area contributed by atoms with Crippen LogP contribution in [0, 0.1) is 13.8 Å². The van der Waals surface area contributed by atoms with Crippen molar-refractivity contribution in [1.29, 1.82) is 0 Å². The van der Waals surface area contributed by atoms with Crippen LogP contribution < -0.4 is 0 Å². The molecular weight excluding hydrogens is 250 g/mol. The van der Waals surface area contributed by atoms with E-state index in [0.29, 0.717) is 0 Å². The highest BCUT2D eigenvalue weighted by Crippen LogP contribution is 2.23. The van der Waals surface area contributed by atoms with E-state index in [9.17, 15) is 4.79 Å². The summed E-state index contributed by atoms with van der Waals surface area (Å²) in [5, 5.41) is 9.16. The fourth-order valence-corrected chi connectivity index (χ4v) is 2.60. The number of carbonyl (C=O) groups is 1.